The average Bonchev–Trinajstić information content (AvgIpc) is 2.71. The van der Waals surface area contributed by atoms with Crippen LogP contribution in [0.3, 0.4) is 0 Å². The third-order valence-corrected chi connectivity index (χ3v) is 6.77. The van der Waals surface area contributed by atoms with Crippen molar-refractivity contribution in [3.05, 3.63) is 71.4 Å². The first-order chi connectivity index (χ1) is 14.9. The van der Waals surface area contributed by atoms with E-state index in [0.29, 0.717) is 12.3 Å². The predicted molar refractivity (Wildman–Crippen MR) is 139 cm³/mol. The number of hydrogen-bond donors (Lipinski definition) is 0. The molecule has 0 aromatic rings. The minimum absolute atomic E-state index is 0.0960. The largest absolute Gasteiger partial charge is 0.295 e. The highest BCUT2D eigenvalue weighted by Gasteiger charge is 2.21. The Morgan fingerprint density at radius 1 is 0.781 bits per heavy atom. The van der Waals surface area contributed by atoms with Crippen LogP contribution in [-0.2, 0) is 9.59 Å². The predicted octanol–water partition coefficient (Wildman–Crippen LogP) is 8.28. The van der Waals surface area contributed by atoms with Gasteiger partial charge in [-0.05, 0) is 104 Å². The summed E-state index contributed by atoms with van der Waals surface area (Å²) in [6, 6.07) is 0. The van der Waals surface area contributed by atoms with E-state index in [-0.39, 0.29) is 17.5 Å². The van der Waals surface area contributed by atoms with Crippen molar-refractivity contribution in [1.29, 1.82) is 0 Å². The fraction of sp³-hybridized carbons (Fsp3) is 0.533. The van der Waals surface area contributed by atoms with E-state index in [1.807, 2.05) is 33.8 Å². The maximum atomic E-state index is 11.3. The van der Waals surface area contributed by atoms with E-state index in [0.717, 1.165) is 41.9 Å². The molecule has 0 fully saturated rings. The summed E-state index contributed by atoms with van der Waals surface area (Å²) in [6.45, 7) is 23.8. The Hall–Kier alpha value is -2.22. The lowest BCUT2D eigenvalue weighted by atomic mass is 9.85. The van der Waals surface area contributed by atoms with E-state index >= 15 is 0 Å². The minimum atomic E-state index is 0.0960. The average molecular weight is 437 g/mol. The molecule has 2 heteroatoms. The monoisotopic (exact) mass is 436 g/mol. The molecule has 0 heterocycles. The van der Waals surface area contributed by atoms with Gasteiger partial charge in [0.25, 0.3) is 0 Å². The third kappa shape index (κ3) is 9.51. The lowest BCUT2D eigenvalue weighted by Gasteiger charge is -2.19. The minimum Gasteiger partial charge on any atom is -0.295 e. The molecule has 0 saturated carbocycles. The van der Waals surface area contributed by atoms with Crippen LogP contribution in [0.4, 0.5) is 0 Å². The molecule has 3 atom stereocenters. The Bertz CT molecular complexity index is 831. The molecule has 0 radical (unpaired) electrons. The van der Waals surface area contributed by atoms with Gasteiger partial charge in [-0.2, -0.15) is 0 Å². The lowest BCUT2D eigenvalue weighted by molar-refractivity contribution is -0.118. The van der Waals surface area contributed by atoms with Crippen LogP contribution in [0.1, 0.15) is 86.5 Å². The molecular weight excluding hydrogens is 392 g/mol. The molecule has 3 rings (SSSR count). The van der Waals surface area contributed by atoms with Crippen molar-refractivity contribution >= 4 is 11.6 Å². The van der Waals surface area contributed by atoms with Gasteiger partial charge in [-0.3, -0.25) is 9.59 Å². The topological polar surface area (TPSA) is 34.1 Å². The summed E-state index contributed by atoms with van der Waals surface area (Å²) in [7, 11) is 0. The van der Waals surface area contributed by atoms with Crippen LogP contribution in [0.15, 0.2) is 71.4 Å². The summed E-state index contributed by atoms with van der Waals surface area (Å²) in [6.07, 6.45) is 13.6. The summed E-state index contributed by atoms with van der Waals surface area (Å²) >= 11 is 0. The van der Waals surface area contributed by atoms with Gasteiger partial charge in [-0.1, -0.05) is 59.8 Å². The van der Waals surface area contributed by atoms with Crippen molar-refractivity contribution in [3.63, 3.8) is 0 Å². The van der Waals surface area contributed by atoms with Crippen molar-refractivity contribution in [1.82, 2.24) is 0 Å². The summed E-state index contributed by atoms with van der Waals surface area (Å²) in [5, 5.41) is 0. The molecule has 0 aromatic heterocycles. The summed E-state index contributed by atoms with van der Waals surface area (Å²) in [5.41, 5.74) is 7.15. The van der Waals surface area contributed by atoms with Crippen molar-refractivity contribution < 1.29 is 9.59 Å². The number of ketones is 2. The smallest absolute Gasteiger partial charge is 0.162 e. The second-order valence-corrected chi connectivity index (χ2v) is 9.99. The summed E-state index contributed by atoms with van der Waals surface area (Å²) < 4.78 is 0. The first-order valence-electron chi connectivity index (χ1n) is 11.9. The number of Topliss-reactive ketones (excluding diaryl/α,β-unsaturated/α-hetero) is 1. The molecule has 3 aliphatic carbocycles. The highest BCUT2D eigenvalue weighted by Crippen LogP contribution is 2.28. The van der Waals surface area contributed by atoms with Gasteiger partial charge in [0.2, 0.25) is 0 Å². The molecule has 32 heavy (non-hydrogen) atoms. The maximum Gasteiger partial charge on any atom is 0.162 e. The Balaban J connectivity index is 0.000000240. The van der Waals surface area contributed by atoms with Crippen molar-refractivity contribution in [2.75, 3.05) is 0 Å². The SMILES string of the molecule is C=C(C)C1CC=C(C)C(=O)C1.C=C(C)C1CCC(C)=CC1=O.C=C(C)[C@H]1CC=C(C)CC1. The van der Waals surface area contributed by atoms with Crippen LogP contribution in [0.25, 0.3) is 0 Å². The number of hydrogen-bond acceptors (Lipinski definition) is 2. The third-order valence-electron chi connectivity index (χ3n) is 6.77. The van der Waals surface area contributed by atoms with Gasteiger partial charge in [0.05, 0.1) is 0 Å². The van der Waals surface area contributed by atoms with Crippen LogP contribution >= 0.6 is 0 Å². The fourth-order valence-electron chi connectivity index (χ4n) is 4.11. The molecule has 176 valence electrons. The molecule has 2 unspecified atom stereocenters. The zero-order chi connectivity index (χ0) is 24.4. The molecule has 0 spiro atoms. The van der Waals surface area contributed by atoms with E-state index in [2.05, 4.69) is 39.7 Å². The molecule has 0 aromatic carbocycles. The zero-order valence-electron chi connectivity index (χ0n) is 21.4. The summed E-state index contributed by atoms with van der Waals surface area (Å²) in [5.74, 6) is 1.78. The van der Waals surface area contributed by atoms with E-state index < -0.39 is 0 Å². The van der Waals surface area contributed by atoms with Crippen molar-refractivity contribution in [2.45, 2.75) is 86.5 Å². The molecule has 0 aliphatic heterocycles. The number of carbonyl (C=O) groups excluding carboxylic acids is 2. The van der Waals surface area contributed by atoms with Crippen LogP contribution in [0.5, 0.6) is 0 Å². The number of rotatable bonds is 3. The highest BCUT2D eigenvalue weighted by atomic mass is 16.1. The van der Waals surface area contributed by atoms with Crippen LogP contribution in [-0.4, -0.2) is 11.6 Å². The van der Waals surface area contributed by atoms with Gasteiger partial charge in [0, 0.05) is 12.3 Å². The Morgan fingerprint density at radius 3 is 1.78 bits per heavy atom. The molecule has 0 bridgehead atoms. The van der Waals surface area contributed by atoms with Gasteiger partial charge in [-0.15, -0.1) is 0 Å². The van der Waals surface area contributed by atoms with Gasteiger partial charge >= 0.3 is 0 Å². The second kappa shape index (κ2) is 13.4. The Morgan fingerprint density at radius 2 is 1.34 bits per heavy atom. The van der Waals surface area contributed by atoms with Gasteiger partial charge in [0.15, 0.2) is 11.6 Å². The first-order valence-corrected chi connectivity index (χ1v) is 11.9. The summed E-state index contributed by atoms with van der Waals surface area (Å²) in [4.78, 5) is 22.5. The highest BCUT2D eigenvalue weighted by molar-refractivity contribution is 5.96. The van der Waals surface area contributed by atoms with Crippen LogP contribution < -0.4 is 0 Å². The van der Waals surface area contributed by atoms with E-state index in [1.165, 1.54) is 30.4 Å². The molecule has 3 aliphatic rings. The molecular formula is C30H44O2. The first kappa shape index (κ1) is 27.8. The Labute approximate surface area is 197 Å². The van der Waals surface area contributed by atoms with Crippen LogP contribution in [0.2, 0.25) is 0 Å². The Kier molecular flexibility index (Phi) is 11.6. The quantitative estimate of drug-likeness (QED) is 0.417. The van der Waals surface area contributed by atoms with E-state index in [9.17, 15) is 9.59 Å². The number of allylic oxidation sites excluding steroid dienone is 9. The molecule has 0 amide bonds. The van der Waals surface area contributed by atoms with Crippen molar-refractivity contribution in [3.8, 4) is 0 Å². The lowest BCUT2D eigenvalue weighted by Crippen LogP contribution is -2.17. The van der Waals surface area contributed by atoms with Gasteiger partial charge in [0.1, 0.15) is 0 Å². The molecule has 2 nitrogen and oxygen atoms in total. The molecule has 0 saturated heterocycles. The fourth-order valence-corrected chi connectivity index (χ4v) is 4.11. The van der Waals surface area contributed by atoms with Crippen LogP contribution in [0, 0.1) is 17.8 Å². The van der Waals surface area contributed by atoms with Gasteiger partial charge < -0.3 is 0 Å². The number of carbonyl (C=O) groups is 2. The van der Waals surface area contributed by atoms with Gasteiger partial charge in [-0.25, -0.2) is 0 Å². The zero-order valence-corrected chi connectivity index (χ0v) is 21.4. The molecule has 0 N–H and O–H groups in total. The van der Waals surface area contributed by atoms with E-state index in [1.54, 1.807) is 11.6 Å². The maximum absolute atomic E-state index is 11.3. The van der Waals surface area contributed by atoms with Crippen molar-refractivity contribution in [2.24, 2.45) is 17.8 Å². The second-order valence-electron chi connectivity index (χ2n) is 9.99. The normalized spacial score (nSPS) is 25.1. The standard InChI is InChI=1S/2C10H14O.C10H16/c1-7(2)9-5-4-8(3)10(11)6-9;1-7(2)9-5-4-8(3)6-10(9)11;1-8(2)10-6-4-9(3)5-7-10/h4,9H,1,5-6H2,2-3H3;6,9H,1,4-5H2,2-3H3;4,10H,1,5-7H2,2-3H3/t;;10-/m..0/s1. The van der Waals surface area contributed by atoms with E-state index in [4.69, 9.17) is 0 Å².